The standard InChI is InChI=1S/C30H42N3O9P/c1-7-8-18-37-27(35)19(2)33-43(36,41-23-15-11-13-21-12-9-10-14-22(21)23)40-20(3)25-26-30(6,42-29(4,5)39-26)28(38-25)32-17-16-24(31)34/h9-17,19-20,25-26,28,32H,7-8,18H2,1-6H3,(H2,31,34)(H,33,36)/b17-16-/t19-,20+,25+,26+,28+,30+,43?/m0/s1. The number of carbonyl (C=O) groups excluding carboxylic acids is 2. The first-order chi connectivity index (χ1) is 20.3. The molecule has 1 unspecified atom stereocenters. The Kier molecular flexibility index (Phi) is 10.2. The van der Waals surface area contributed by atoms with Crippen LogP contribution >= 0.6 is 7.75 Å². The van der Waals surface area contributed by atoms with E-state index in [4.69, 9.17) is 33.7 Å². The number of amides is 1. The van der Waals surface area contributed by atoms with Crippen molar-refractivity contribution in [3.8, 4) is 5.75 Å². The van der Waals surface area contributed by atoms with E-state index in [0.29, 0.717) is 17.6 Å². The highest BCUT2D eigenvalue weighted by Crippen LogP contribution is 2.52. The van der Waals surface area contributed by atoms with Gasteiger partial charge in [0.1, 0.15) is 29.6 Å². The Morgan fingerprint density at radius 1 is 1.14 bits per heavy atom. The van der Waals surface area contributed by atoms with Gasteiger partial charge in [0, 0.05) is 17.7 Å². The number of primary amides is 1. The normalized spacial score (nSPS) is 27.3. The lowest BCUT2D eigenvalue weighted by Gasteiger charge is -2.30. The summed E-state index contributed by atoms with van der Waals surface area (Å²) >= 11 is 0. The van der Waals surface area contributed by atoms with Crippen molar-refractivity contribution < 1.29 is 42.1 Å². The lowest BCUT2D eigenvalue weighted by atomic mass is 9.94. The van der Waals surface area contributed by atoms with Crippen LogP contribution in [0.15, 0.2) is 54.7 Å². The second kappa shape index (κ2) is 13.3. The highest BCUT2D eigenvalue weighted by atomic mass is 31.2. The molecule has 2 aliphatic rings. The molecule has 7 atom stereocenters. The van der Waals surface area contributed by atoms with E-state index < -0.39 is 61.6 Å². The van der Waals surface area contributed by atoms with E-state index in [0.717, 1.165) is 17.9 Å². The third-order valence-corrected chi connectivity index (χ3v) is 8.98. The smallest absolute Gasteiger partial charge is 0.459 e. The Labute approximate surface area is 252 Å². The molecule has 2 aliphatic heterocycles. The molecule has 43 heavy (non-hydrogen) atoms. The molecule has 0 radical (unpaired) electrons. The van der Waals surface area contributed by atoms with E-state index in [9.17, 15) is 14.2 Å². The van der Waals surface area contributed by atoms with Crippen LogP contribution in [0.1, 0.15) is 54.4 Å². The molecule has 0 saturated carbocycles. The molecule has 4 N–H and O–H groups in total. The van der Waals surface area contributed by atoms with Crippen LogP contribution in [0.2, 0.25) is 0 Å². The van der Waals surface area contributed by atoms with Crippen LogP contribution in [0, 0.1) is 0 Å². The zero-order chi connectivity index (χ0) is 31.4. The largest absolute Gasteiger partial charge is 0.465 e. The summed E-state index contributed by atoms with van der Waals surface area (Å²) in [4.78, 5) is 24.0. The number of nitrogens with one attached hydrogen (secondary N) is 2. The molecule has 4 rings (SSSR count). The van der Waals surface area contributed by atoms with Gasteiger partial charge in [-0.3, -0.25) is 14.1 Å². The Balaban J connectivity index is 1.61. The molecule has 13 heteroatoms. The van der Waals surface area contributed by atoms with Crippen molar-refractivity contribution in [2.24, 2.45) is 5.73 Å². The summed E-state index contributed by atoms with van der Waals surface area (Å²) in [7, 11) is -4.27. The molecule has 2 aromatic rings. The van der Waals surface area contributed by atoms with E-state index >= 15 is 0 Å². The van der Waals surface area contributed by atoms with Gasteiger partial charge in [-0.15, -0.1) is 0 Å². The highest BCUT2D eigenvalue weighted by Gasteiger charge is 2.65. The third kappa shape index (κ3) is 7.75. The number of hydrogen-bond donors (Lipinski definition) is 3. The Morgan fingerprint density at radius 3 is 2.58 bits per heavy atom. The monoisotopic (exact) mass is 619 g/mol. The quantitative estimate of drug-likeness (QED) is 0.120. The minimum absolute atomic E-state index is 0.245. The minimum Gasteiger partial charge on any atom is -0.465 e. The van der Waals surface area contributed by atoms with Crippen molar-refractivity contribution in [2.75, 3.05) is 6.61 Å². The molecule has 2 heterocycles. The summed E-state index contributed by atoms with van der Waals surface area (Å²) in [5.74, 6) is -1.88. The van der Waals surface area contributed by atoms with Gasteiger partial charge in [-0.25, -0.2) is 4.57 Å². The first kappa shape index (κ1) is 32.9. The summed E-state index contributed by atoms with van der Waals surface area (Å²) in [5.41, 5.74) is 4.21. The van der Waals surface area contributed by atoms with Crippen molar-refractivity contribution in [1.29, 1.82) is 0 Å². The van der Waals surface area contributed by atoms with Crippen molar-refractivity contribution in [2.45, 2.75) is 96.4 Å². The van der Waals surface area contributed by atoms with Crippen molar-refractivity contribution in [3.63, 3.8) is 0 Å². The average molecular weight is 620 g/mol. The predicted molar refractivity (Wildman–Crippen MR) is 160 cm³/mol. The molecule has 2 aromatic carbocycles. The van der Waals surface area contributed by atoms with Crippen LogP contribution in [-0.4, -0.2) is 60.5 Å². The Morgan fingerprint density at radius 2 is 1.86 bits per heavy atom. The zero-order valence-corrected chi connectivity index (χ0v) is 26.3. The topological polar surface area (TPSA) is 157 Å². The van der Waals surface area contributed by atoms with Crippen LogP contribution in [0.4, 0.5) is 0 Å². The van der Waals surface area contributed by atoms with Gasteiger partial charge in [0.25, 0.3) is 0 Å². The maximum Gasteiger partial charge on any atom is 0.459 e. The number of benzene rings is 2. The van der Waals surface area contributed by atoms with E-state index in [-0.39, 0.29) is 6.61 Å². The van der Waals surface area contributed by atoms with Gasteiger partial charge in [-0.1, -0.05) is 49.7 Å². The van der Waals surface area contributed by atoms with Crippen molar-refractivity contribution in [1.82, 2.24) is 10.4 Å². The van der Waals surface area contributed by atoms with Gasteiger partial charge in [0.05, 0.1) is 12.7 Å². The van der Waals surface area contributed by atoms with Crippen LogP contribution in [0.25, 0.3) is 10.8 Å². The molecule has 0 spiro atoms. The first-order valence-electron chi connectivity index (χ1n) is 14.4. The number of hydrogen-bond acceptors (Lipinski definition) is 10. The van der Waals surface area contributed by atoms with E-state index in [1.165, 1.54) is 13.1 Å². The number of fused-ring (bicyclic) bond motifs is 2. The second-order valence-electron chi connectivity index (χ2n) is 11.4. The van der Waals surface area contributed by atoms with Gasteiger partial charge in [-0.2, -0.15) is 5.09 Å². The lowest BCUT2D eigenvalue weighted by molar-refractivity contribution is -0.211. The highest BCUT2D eigenvalue weighted by molar-refractivity contribution is 7.52. The van der Waals surface area contributed by atoms with E-state index in [2.05, 4.69) is 10.4 Å². The van der Waals surface area contributed by atoms with Crippen LogP contribution in [-0.2, 0) is 37.6 Å². The summed E-state index contributed by atoms with van der Waals surface area (Å²) in [5, 5.41) is 7.35. The van der Waals surface area contributed by atoms with Gasteiger partial charge in [-0.05, 0) is 52.5 Å². The second-order valence-corrected chi connectivity index (χ2v) is 13.0. The Bertz CT molecular complexity index is 1380. The maximum absolute atomic E-state index is 14.5. The maximum atomic E-state index is 14.5. The average Bonchev–Trinajstić information content (AvgIpc) is 3.33. The fraction of sp³-hybridized carbons (Fsp3) is 0.533. The summed E-state index contributed by atoms with van der Waals surface area (Å²) in [6.07, 6.45) is 0.958. The fourth-order valence-electron chi connectivity index (χ4n) is 5.27. The predicted octanol–water partition coefficient (Wildman–Crippen LogP) is 4.28. The van der Waals surface area contributed by atoms with Crippen molar-refractivity contribution in [3.05, 3.63) is 54.7 Å². The molecular weight excluding hydrogens is 577 g/mol. The first-order valence-corrected chi connectivity index (χ1v) is 16.0. The minimum atomic E-state index is -4.27. The van der Waals surface area contributed by atoms with Gasteiger partial charge in [0.15, 0.2) is 12.0 Å². The molecule has 1 amide bonds. The lowest BCUT2D eigenvalue weighted by Crippen LogP contribution is -2.49. The molecule has 0 bridgehead atoms. The third-order valence-electron chi connectivity index (χ3n) is 7.23. The molecule has 2 fully saturated rings. The van der Waals surface area contributed by atoms with Gasteiger partial charge < -0.3 is 34.5 Å². The molecular formula is C30H42N3O9P. The number of rotatable bonds is 14. The SMILES string of the molecule is CCCCOC(=O)[C@H](C)NP(=O)(Oc1cccc2ccccc12)O[C@H](C)[C@H]1O[C@@H](N/C=C\C(N)=O)[C@]2(C)OC(C)(C)O[C@H]12. The van der Waals surface area contributed by atoms with Crippen LogP contribution in [0.5, 0.6) is 5.75 Å². The number of esters is 1. The Hall–Kier alpha value is -2.99. The number of unbranched alkanes of at least 4 members (excludes halogenated alkanes) is 1. The number of carbonyl (C=O) groups is 2. The van der Waals surface area contributed by atoms with E-state index in [1.54, 1.807) is 32.9 Å². The summed E-state index contributed by atoms with van der Waals surface area (Å²) in [6, 6.07) is 11.8. The van der Waals surface area contributed by atoms with Gasteiger partial charge in [0.2, 0.25) is 5.91 Å². The van der Waals surface area contributed by atoms with Gasteiger partial charge >= 0.3 is 13.7 Å². The summed E-state index contributed by atoms with van der Waals surface area (Å²) in [6.45, 7) is 10.8. The number of nitrogens with two attached hydrogens (primary N) is 1. The molecule has 236 valence electrons. The zero-order valence-electron chi connectivity index (χ0n) is 25.4. The molecule has 0 aromatic heterocycles. The van der Waals surface area contributed by atoms with Crippen LogP contribution < -0.4 is 20.7 Å². The van der Waals surface area contributed by atoms with E-state index in [1.807, 2.05) is 44.2 Å². The molecule has 0 aliphatic carbocycles. The summed E-state index contributed by atoms with van der Waals surface area (Å²) < 4.78 is 50.8. The fourth-order valence-corrected chi connectivity index (χ4v) is 6.98. The van der Waals surface area contributed by atoms with Crippen molar-refractivity contribution >= 4 is 30.4 Å². The molecule has 2 saturated heterocycles. The van der Waals surface area contributed by atoms with Crippen LogP contribution in [0.3, 0.4) is 0 Å². The number of ether oxygens (including phenoxy) is 4. The molecule has 12 nitrogen and oxygen atoms in total.